The molecule has 3 N–H and O–H groups in total. The van der Waals surface area contributed by atoms with Gasteiger partial charge in [0.2, 0.25) is 5.91 Å². The van der Waals surface area contributed by atoms with Gasteiger partial charge in [-0.25, -0.2) is 4.79 Å². The van der Waals surface area contributed by atoms with Crippen molar-refractivity contribution in [3.05, 3.63) is 29.8 Å². The fourth-order valence-electron chi connectivity index (χ4n) is 3.66. The van der Waals surface area contributed by atoms with E-state index in [9.17, 15) is 14.4 Å². The van der Waals surface area contributed by atoms with Crippen LogP contribution in [0.15, 0.2) is 24.3 Å². The highest BCUT2D eigenvalue weighted by molar-refractivity contribution is 5.89. The molecular formula is C19H25N3O4. The number of aliphatic carboxylic acids is 1. The monoisotopic (exact) mass is 359 g/mol. The van der Waals surface area contributed by atoms with Crippen molar-refractivity contribution in [1.82, 2.24) is 10.2 Å². The number of amides is 3. The molecule has 1 aliphatic heterocycles. The van der Waals surface area contributed by atoms with E-state index >= 15 is 0 Å². The van der Waals surface area contributed by atoms with Gasteiger partial charge in [-0.15, -0.1) is 0 Å². The van der Waals surface area contributed by atoms with Gasteiger partial charge >= 0.3 is 12.0 Å². The zero-order valence-electron chi connectivity index (χ0n) is 14.7. The Morgan fingerprint density at radius 2 is 1.85 bits per heavy atom. The first-order valence-corrected chi connectivity index (χ1v) is 9.18. The van der Waals surface area contributed by atoms with Gasteiger partial charge in [-0.3, -0.25) is 9.59 Å². The number of nitrogens with zero attached hydrogens (tertiary/aromatic N) is 1. The molecule has 0 radical (unpaired) electrons. The van der Waals surface area contributed by atoms with Crippen LogP contribution in [0.1, 0.15) is 37.7 Å². The van der Waals surface area contributed by atoms with Gasteiger partial charge in [0.25, 0.3) is 0 Å². The van der Waals surface area contributed by atoms with Gasteiger partial charge in [0.15, 0.2) is 0 Å². The van der Waals surface area contributed by atoms with Crippen LogP contribution >= 0.6 is 0 Å². The van der Waals surface area contributed by atoms with E-state index in [1.165, 1.54) is 0 Å². The fourth-order valence-corrected chi connectivity index (χ4v) is 3.66. The highest BCUT2D eigenvalue weighted by Crippen LogP contribution is 2.31. The molecular weight excluding hydrogens is 334 g/mol. The predicted molar refractivity (Wildman–Crippen MR) is 96.6 cm³/mol. The number of carboxylic acids is 1. The molecule has 3 rings (SSSR count). The molecule has 26 heavy (non-hydrogen) atoms. The van der Waals surface area contributed by atoms with Crippen molar-refractivity contribution in [3.8, 4) is 0 Å². The van der Waals surface area contributed by atoms with Crippen LogP contribution in [-0.4, -0.2) is 41.0 Å². The summed E-state index contributed by atoms with van der Waals surface area (Å²) < 4.78 is 0. The zero-order valence-corrected chi connectivity index (χ0v) is 14.7. The normalized spacial score (nSPS) is 22.2. The molecule has 0 unspecified atom stereocenters. The number of rotatable bonds is 5. The topological polar surface area (TPSA) is 98.7 Å². The largest absolute Gasteiger partial charge is 0.481 e. The van der Waals surface area contributed by atoms with Crippen LogP contribution in [0.5, 0.6) is 0 Å². The van der Waals surface area contributed by atoms with E-state index in [1.807, 2.05) is 24.3 Å². The van der Waals surface area contributed by atoms with Gasteiger partial charge < -0.3 is 20.6 Å². The predicted octanol–water partition coefficient (Wildman–Crippen LogP) is 2.43. The third-order valence-corrected chi connectivity index (χ3v) is 5.19. The SMILES string of the molecule is O=C(O)[C@@H]1CC[C@H](C(=O)NCc2cccc(NC(=O)N3CCCC3)c2)C1. The number of carboxylic acid groups (broad SMARTS) is 1. The van der Waals surface area contributed by atoms with Crippen LogP contribution < -0.4 is 10.6 Å². The Hall–Kier alpha value is -2.57. The number of anilines is 1. The van der Waals surface area contributed by atoms with Crippen molar-refractivity contribution in [2.45, 2.75) is 38.6 Å². The summed E-state index contributed by atoms with van der Waals surface area (Å²) in [5.74, 6) is -1.55. The van der Waals surface area contributed by atoms with Crippen molar-refractivity contribution in [2.75, 3.05) is 18.4 Å². The Balaban J connectivity index is 1.50. The molecule has 3 amide bonds. The second-order valence-electron chi connectivity index (χ2n) is 7.09. The third-order valence-electron chi connectivity index (χ3n) is 5.19. The quantitative estimate of drug-likeness (QED) is 0.752. The summed E-state index contributed by atoms with van der Waals surface area (Å²) in [6, 6.07) is 7.32. The highest BCUT2D eigenvalue weighted by atomic mass is 16.4. The van der Waals surface area contributed by atoms with E-state index in [0.717, 1.165) is 31.5 Å². The summed E-state index contributed by atoms with van der Waals surface area (Å²) in [6.07, 6.45) is 3.68. The average molecular weight is 359 g/mol. The van der Waals surface area contributed by atoms with Crippen LogP contribution in [0.25, 0.3) is 0 Å². The van der Waals surface area contributed by atoms with Crippen molar-refractivity contribution >= 4 is 23.6 Å². The van der Waals surface area contributed by atoms with E-state index in [1.54, 1.807) is 4.90 Å². The van der Waals surface area contributed by atoms with Gasteiger partial charge in [0.05, 0.1) is 5.92 Å². The summed E-state index contributed by atoms with van der Waals surface area (Å²) >= 11 is 0. The maximum atomic E-state index is 12.2. The van der Waals surface area contributed by atoms with Crippen LogP contribution in [0.3, 0.4) is 0 Å². The maximum absolute atomic E-state index is 12.2. The second-order valence-corrected chi connectivity index (χ2v) is 7.09. The van der Waals surface area contributed by atoms with E-state index in [0.29, 0.717) is 31.5 Å². The number of carbonyl (C=O) groups is 3. The molecule has 7 nitrogen and oxygen atoms in total. The van der Waals surface area contributed by atoms with Crippen LogP contribution in [-0.2, 0) is 16.1 Å². The zero-order chi connectivity index (χ0) is 18.5. The second kappa shape index (κ2) is 8.21. The summed E-state index contributed by atoms with van der Waals surface area (Å²) in [5, 5.41) is 14.8. The molecule has 2 aliphatic rings. The lowest BCUT2D eigenvalue weighted by atomic mass is 10.0. The molecule has 1 aliphatic carbocycles. The lowest BCUT2D eigenvalue weighted by Gasteiger charge is -2.16. The van der Waals surface area contributed by atoms with Crippen molar-refractivity contribution in [3.63, 3.8) is 0 Å². The molecule has 1 aromatic carbocycles. The van der Waals surface area contributed by atoms with E-state index < -0.39 is 11.9 Å². The van der Waals surface area contributed by atoms with Crippen molar-refractivity contribution in [1.29, 1.82) is 0 Å². The number of urea groups is 1. The standard InChI is InChI=1S/C19H25N3O4/c23-17(14-6-7-15(11-14)18(24)25)20-12-13-4-3-5-16(10-13)21-19(26)22-8-1-2-9-22/h3-5,10,14-15H,1-2,6-9,11-12H2,(H,20,23)(H,21,26)(H,24,25)/t14-,15+/m0/s1. The summed E-state index contributed by atoms with van der Waals surface area (Å²) in [6.45, 7) is 1.95. The molecule has 140 valence electrons. The Kier molecular flexibility index (Phi) is 5.75. The average Bonchev–Trinajstić information content (AvgIpc) is 3.31. The van der Waals surface area contributed by atoms with Gasteiger partial charge in [-0.2, -0.15) is 0 Å². The third kappa shape index (κ3) is 4.53. The number of carbonyl (C=O) groups excluding carboxylic acids is 2. The van der Waals surface area contributed by atoms with Crippen LogP contribution in [0, 0.1) is 11.8 Å². The molecule has 7 heteroatoms. The lowest BCUT2D eigenvalue weighted by Crippen LogP contribution is -2.32. The number of benzene rings is 1. The minimum absolute atomic E-state index is 0.0886. The summed E-state index contributed by atoms with van der Waals surface area (Å²) in [7, 11) is 0. The smallest absolute Gasteiger partial charge is 0.321 e. The molecule has 0 bridgehead atoms. The van der Waals surface area contributed by atoms with Crippen molar-refractivity contribution < 1.29 is 19.5 Å². The fraction of sp³-hybridized carbons (Fsp3) is 0.526. The minimum atomic E-state index is -0.818. The Morgan fingerprint density at radius 3 is 2.54 bits per heavy atom. The van der Waals surface area contributed by atoms with Gasteiger partial charge in [0.1, 0.15) is 0 Å². The van der Waals surface area contributed by atoms with Crippen LogP contribution in [0.2, 0.25) is 0 Å². The molecule has 0 spiro atoms. The summed E-state index contributed by atoms with van der Waals surface area (Å²) in [4.78, 5) is 37.2. The number of likely N-dealkylation sites (tertiary alicyclic amines) is 1. The first kappa shape index (κ1) is 18.2. The molecule has 1 saturated carbocycles. The Morgan fingerprint density at radius 1 is 1.12 bits per heavy atom. The number of nitrogens with one attached hydrogen (secondary N) is 2. The first-order chi connectivity index (χ1) is 12.5. The van der Waals surface area contributed by atoms with Crippen LogP contribution in [0.4, 0.5) is 10.5 Å². The number of hydrogen-bond donors (Lipinski definition) is 3. The molecule has 0 aromatic heterocycles. The number of hydrogen-bond acceptors (Lipinski definition) is 3. The summed E-state index contributed by atoms with van der Waals surface area (Å²) in [5.41, 5.74) is 1.60. The van der Waals surface area contributed by atoms with Gasteiger partial charge in [0, 0.05) is 31.2 Å². The highest BCUT2D eigenvalue weighted by Gasteiger charge is 2.33. The Bertz CT molecular complexity index is 685. The van der Waals surface area contributed by atoms with Crippen molar-refractivity contribution in [2.24, 2.45) is 11.8 Å². The Labute approximate surface area is 152 Å². The molecule has 1 saturated heterocycles. The first-order valence-electron chi connectivity index (χ1n) is 9.18. The molecule has 1 heterocycles. The van der Waals surface area contributed by atoms with E-state index in [4.69, 9.17) is 5.11 Å². The van der Waals surface area contributed by atoms with Gasteiger partial charge in [-0.1, -0.05) is 12.1 Å². The van der Waals surface area contributed by atoms with E-state index in [2.05, 4.69) is 10.6 Å². The molecule has 2 atom stereocenters. The lowest BCUT2D eigenvalue weighted by molar-refractivity contribution is -0.141. The minimum Gasteiger partial charge on any atom is -0.481 e. The molecule has 1 aromatic rings. The van der Waals surface area contributed by atoms with E-state index in [-0.39, 0.29) is 17.9 Å². The maximum Gasteiger partial charge on any atom is 0.321 e. The van der Waals surface area contributed by atoms with Gasteiger partial charge in [-0.05, 0) is 49.8 Å². The molecule has 2 fully saturated rings.